The molecule has 0 aliphatic rings. The molecule has 1 aromatic heterocycles. The SMILES string of the molecule is CCCC(C)(N)C(=O)c1cnccn1. The van der Waals surface area contributed by atoms with Crippen molar-refractivity contribution in [3.63, 3.8) is 0 Å². The zero-order valence-electron chi connectivity index (χ0n) is 8.53. The van der Waals surface area contributed by atoms with Gasteiger partial charge in [-0.1, -0.05) is 13.3 Å². The number of hydrogen-bond donors (Lipinski definition) is 1. The van der Waals surface area contributed by atoms with Gasteiger partial charge >= 0.3 is 0 Å². The van der Waals surface area contributed by atoms with E-state index in [9.17, 15) is 4.79 Å². The van der Waals surface area contributed by atoms with Crippen molar-refractivity contribution >= 4 is 5.78 Å². The molecule has 0 amide bonds. The Hall–Kier alpha value is -1.29. The summed E-state index contributed by atoms with van der Waals surface area (Å²) in [4.78, 5) is 19.6. The molecule has 76 valence electrons. The number of carbonyl (C=O) groups excluding carboxylic acids is 1. The zero-order valence-corrected chi connectivity index (χ0v) is 8.53. The average molecular weight is 193 g/mol. The van der Waals surface area contributed by atoms with Gasteiger partial charge in [0.2, 0.25) is 5.78 Å². The summed E-state index contributed by atoms with van der Waals surface area (Å²) in [6.45, 7) is 3.72. The molecule has 0 saturated carbocycles. The number of nitrogens with two attached hydrogens (primary N) is 1. The van der Waals surface area contributed by atoms with E-state index >= 15 is 0 Å². The second-order valence-corrected chi connectivity index (χ2v) is 3.59. The predicted molar refractivity (Wildman–Crippen MR) is 53.9 cm³/mol. The minimum Gasteiger partial charge on any atom is -0.319 e. The fraction of sp³-hybridized carbons (Fsp3) is 0.500. The van der Waals surface area contributed by atoms with E-state index in [2.05, 4.69) is 9.97 Å². The van der Waals surface area contributed by atoms with Gasteiger partial charge in [-0.25, -0.2) is 4.98 Å². The van der Waals surface area contributed by atoms with E-state index in [1.807, 2.05) is 6.92 Å². The van der Waals surface area contributed by atoms with E-state index < -0.39 is 5.54 Å². The Bertz CT molecular complexity index is 308. The van der Waals surface area contributed by atoms with Crippen molar-refractivity contribution in [1.29, 1.82) is 0 Å². The van der Waals surface area contributed by atoms with Crippen molar-refractivity contribution in [3.8, 4) is 0 Å². The summed E-state index contributed by atoms with van der Waals surface area (Å²) in [5.74, 6) is -0.146. The van der Waals surface area contributed by atoms with Crippen LogP contribution in [0.5, 0.6) is 0 Å². The van der Waals surface area contributed by atoms with E-state index in [1.165, 1.54) is 18.6 Å². The average Bonchev–Trinajstić information content (AvgIpc) is 2.18. The summed E-state index contributed by atoms with van der Waals surface area (Å²) in [7, 11) is 0. The lowest BCUT2D eigenvalue weighted by Crippen LogP contribution is -2.45. The summed E-state index contributed by atoms with van der Waals surface area (Å²) >= 11 is 0. The van der Waals surface area contributed by atoms with Gasteiger partial charge in [0.1, 0.15) is 5.69 Å². The fourth-order valence-electron chi connectivity index (χ4n) is 1.34. The zero-order chi connectivity index (χ0) is 10.6. The van der Waals surface area contributed by atoms with Gasteiger partial charge < -0.3 is 5.73 Å². The van der Waals surface area contributed by atoms with Crippen LogP contribution in [0.2, 0.25) is 0 Å². The van der Waals surface area contributed by atoms with Crippen LogP contribution in [-0.2, 0) is 0 Å². The summed E-state index contributed by atoms with van der Waals surface area (Å²) in [5.41, 5.74) is 5.40. The normalized spacial score (nSPS) is 14.8. The molecular formula is C10H15N3O. The molecule has 1 rings (SSSR count). The van der Waals surface area contributed by atoms with Gasteiger partial charge in [0.15, 0.2) is 0 Å². The van der Waals surface area contributed by atoms with Crippen LogP contribution in [0.1, 0.15) is 37.2 Å². The molecule has 0 bridgehead atoms. The highest BCUT2D eigenvalue weighted by Crippen LogP contribution is 2.13. The van der Waals surface area contributed by atoms with E-state index in [0.29, 0.717) is 12.1 Å². The van der Waals surface area contributed by atoms with Crippen LogP contribution in [0.4, 0.5) is 0 Å². The third kappa shape index (κ3) is 2.35. The number of carbonyl (C=O) groups is 1. The van der Waals surface area contributed by atoms with Crippen LogP contribution in [0.15, 0.2) is 18.6 Å². The second-order valence-electron chi connectivity index (χ2n) is 3.59. The second kappa shape index (κ2) is 4.28. The summed E-state index contributed by atoms with van der Waals surface area (Å²) in [6.07, 6.45) is 6.00. The van der Waals surface area contributed by atoms with Crippen LogP contribution in [0, 0.1) is 0 Å². The Balaban J connectivity index is 2.85. The van der Waals surface area contributed by atoms with Crippen molar-refractivity contribution < 1.29 is 4.79 Å². The van der Waals surface area contributed by atoms with Gasteiger partial charge in [-0.15, -0.1) is 0 Å². The van der Waals surface area contributed by atoms with Crippen molar-refractivity contribution in [1.82, 2.24) is 9.97 Å². The van der Waals surface area contributed by atoms with Crippen LogP contribution < -0.4 is 5.73 Å². The largest absolute Gasteiger partial charge is 0.319 e. The molecule has 0 spiro atoms. The molecule has 1 aromatic rings. The third-order valence-electron chi connectivity index (χ3n) is 2.08. The minimum atomic E-state index is -0.829. The van der Waals surface area contributed by atoms with Crippen LogP contribution >= 0.6 is 0 Å². The molecule has 0 aliphatic carbocycles. The summed E-state index contributed by atoms with van der Waals surface area (Å²) in [5, 5.41) is 0. The maximum absolute atomic E-state index is 11.8. The van der Waals surface area contributed by atoms with Crippen molar-refractivity contribution in [2.24, 2.45) is 5.73 Å². The topological polar surface area (TPSA) is 68.9 Å². The highest BCUT2D eigenvalue weighted by atomic mass is 16.1. The lowest BCUT2D eigenvalue weighted by molar-refractivity contribution is 0.0887. The van der Waals surface area contributed by atoms with E-state index in [1.54, 1.807) is 6.92 Å². The van der Waals surface area contributed by atoms with Crippen molar-refractivity contribution in [2.45, 2.75) is 32.2 Å². The first-order chi connectivity index (χ1) is 6.58. The van der Waals surface area contributed by atoms with E-state index in [-0.39, 0.29) is 5.78 Å². The first-order valence-electron chi connectivity index (χ1n) is 4.67. The van der Waals surface area contributed by atoms with E-state index in [0.717, 1.165) is 6.42 Å². The lowest BCUT2D eigenvalue weighted by atomic mass is 9.91. The molecule has 0 saturated heterocycles. The third-order valence-corrected chi connectivity index (χ3v) is 2.08. The predicted octanol–water partition coefficient (Wildman–Crippen LogP) is 1.18. The van der Waals surface area contributed by atoms with Gasteiger partial charge in [0.25, 0.3) is 0 Å². The molecular weight excluding hydrogens is 178 g/mol. The van der Waals surface area contributed by atoms with Crippen LogP contribution in [-0.4, -0.2) is 21.3 Å². The minimum absolute atomic E-state index is 0.146. The first kappa shape index (κ1) is 10.8. The fourth-order valence-corrected chi connectivity index (χ4v) is 1.34. The number of Topliss-reactive ketones (excluding diaryl/α,β-unsaturated/α-hetero) is 1. The molecule has 2 N–H and O–H groups in total. The van der Waals surface area contributed by atoms with Crippen LogP contribution in [0.25, 0.3) is 0 Å². The lowest BCUT2D eigenvalue weighted by Gasteiger charge is -2.21. The molecule has 0 aliphatic heterocycles. The number of ketones is 1. The molecule has 4 nitrogen and oxygen atoms in total. The Labute approximate surface area is 83.6 Å². The molecule has 1 heterocycles. The van der Waals surface area contributed by atoms with Gasteiger partial charge in [-0.05, 0) is 13.3 Å². The summed E-state index contributed by atoms with van der Waals surface area (Å²) in [6, 6.07) is 0. The van der Waals surface area contributed by atoms with Gasteiger partial charge in [-0.2, -0.15) is 0 Å². The molecule has 1 unspecified atom stereocenters. The van der Waals surface area contributed by atoms with Crippen LogP contribution in [0.3, 0.4) is 0 Å². The van der Waals surface area contributed by atoms with Gasteiger partial charge in [0.05, 0.1) is 11.7 Å². The molecule has 0 aromatic carbocycles. The number of aromatic nitrogens is 2. The van der Waals surface area contributed by atoms with E-state index in [4.69, 9.17) is 5.73 Å². The first-order valence-corrected chi connectivity index (χ1v) is 4.67. The number of nitrogens with zero attached hydrogens (tertiary/aromatic N) is 2. The van der Waals surface area contributed by atoms with Crippen molar-refractivity contribution in [3.05, 3.63) is 24.3 Å². The highest BCUT2D eigenvalue weighted by molar-refractivity contribution is 6.00. The Morgan fingerprint density at radius 3 is 2.79 bits per heavy atom. The Morgan fingerprint density at radius 1 is 1.57 bits per heavy atom. The summed E-state index contributed by atoms with van der Waals surface area (Å²) < 4.78 is 0. The van der Waals surface area contributed by atoms with Crippen molar-refractivity contribution in [2.75, 3.05) is 0 Å². The monoisotopic (exact) mass is 193 g/mol. The molecule has 14 heavy (non-hydrogen) atoms. The Kier molecular flexibility index (Phi) is 3.30. The number of hydrogen-bond acceptors (Lipinski definition) is 4. The maximum atomic E-state index is 11.8. The standard InChI is InChI=1S/C10H15N3O/c1-3-4-10(2,11)9(14)8-7-12-5-6-13-8/h5-7H,3-4,11H2,1-2H3. The maximum Gasteiger partial charge on any atom is 0.202 e. The smallest absolute Gasteiger partial charge is 0.202 e. The van der Waals surface area contributed by atoms with Gasteiger partial charge in [0, 0.05) is 12.4 Å². The number of rotatable bonds is 4. The molecule has 0 radical (unpaired) electrons. The molecule has 0 fully saturated rings. The van der Waals surface area contributed by atoms with Gasteiger partial charge in [-0.3, -0.25) is 9.78 Å². The highest BCUT2D eigenvalue weighted by Gasteiger charge is 2.29. The molecule has 4 heteroatoms. The Morgan fingerprint density at radius 2 is 2.29 bits per heavy atom. The quantitative estimate of drug-likeness (QED) is 0.729. The molecule has 1 atom stereocenters.